The summed E-state index contributed by atoms with van der Waals surface area (Å²) in [6.07, 6.45) is -0.0336. The molecule has 0 saturated heterocycles. The highest BCUT2D eigenvalue weighted by Crippen LogP contribution is 2.27. The van der Waals surface area contributed by atoms with Crippen LogP contribution in [-0.4, -0.2) is 40.0 Å². The van der Waals surface area contributed by atoms with Crippen molar-refractivity contribution in [1.29, 1.82) is 0 Å². The first-order valence-corrected chi connectivity index (χ1v) is 6.65. The van der Waals surface area contributed by atoms with E-state index in [9.17, 15) is 0 Å². The van der Waals surface area contributed by atoms with Gasteiger partial charge >= 0.3 is 0 Å². The van der Waals surface area contributed by atoms with E-state index in [2.05, 4.69) is 19.2 Å². The van der Waals surface area contributed by atoms with E-state index in [1.54, 1.807) is 14.2 Å². The summed E-state index contributed by atoms with van der Waals surface area (Å²) in [4.78, 5) is 0. The third kappa shape index (κ3) is 5.59. The summed E-state index contributed by atoms with van der Waals surface area (Å²) in [5.41, 5.74) is 1.06. The molecule has 1 unspecified atom stereocenters. The van der Waals surface area contributed by atoms with Gasteiger partial charge in [-0.1, -0.05) is 32.0 Å². The number of para-hydroxylation sites is 1. The van der Waals surface area contributed by atoms with Crippen LogP contribution >= 0.6 is 0 Å². The Morgan fingerprint density at radius 1 is 1.11 bits per heavy atom. The summed E-state index contributed by atoms with van der Waals surface area (Å²) >= 11 is 0. The summed E-state index contributed by atoms with van der Waals surface area (Å²) in [7, 11) is 3.36. The SMILES string of the molecule is COCCOC(CNC(C)C)c1ccccc1OC. The molecule has 1 N–H and O–H groups in total. The van der Waals surface area contributed by atoms with Gasteiger partial charge in [0, 0.05) is 25.3 Å². The van der Waals surface area contributed by atoms with Crippen molar-refractivity contribution in [2.24, 2.45) is 0 Å². The normalized spacial score (nSPS) is 12.7. The van der Waals surface area contributed by atoms with Crippen LogP contribution in [0.2, 0.25) is 0 Å². The molecule has 1 atom stereocenters. The van der Waals surface area contributed by atoms with Crippen molar-refractivity contribution < 1.29 is 14.2 Å². The Balaban J connectivity index is 2.75. The molecule has 0 bridgehead atoms. The molecule has 4 nitrogen and oxygen atoms in total. The zero-order valence-electron chi connectivity index (χ0n) is 12.3. The second-order valence-electron chi connectivity index (χ2n) is 4.66. The minimum atomic E-state index is -0.0336. The van der Waals surface area contributed by atoms with Crippen molar-refractivity contribution in [2.75, 3.05) is 34.0 Å². The van der Waals surface area contributed by atoms with Crippen molar-refractivity contribution >= 4 is 0 Å². The highest BCUT2D eigenvalue weighted by Gasteiger charge is 2.16. The number of ether oxygens (including phenoxy) is 3. The van der Waals surface area contributed by atoms with Crippen LogP contribution < -0.4 is 10.1 Å². The van der Waals surface area contributed by atoms with Gasteiger partial charge in [-0.25, -0.2) is 0 Å². The van der Waals surface area contributed by atoms with Crippen molar-refractivity contribution in [2.45, 2.75) is 26.0 Å². The molecule has 0 heterocycles. The van der Waals surface area contributed by atoms with Crippen LogP contribution in [0.4, 0.5) is 0 Å². The Morgan fingerprint density at radius 3 is 2.47 bits per heavy atom. The average Bonchev–Trinajstić information content (AvgIpc) is 2.42. The molecule has 4 heteroatoms. The summed E-state index contributed by atoms with van der Waals surface area (Å²) in [5.74, 6) is 0.857. The minimum Gasteiger partial charge on any atom is -0.496 e. The molecular formula is C15H25NO3. The smallest absolute Gasteiger partial charge is 0.124 e. The van der Waals surface area contributed by atoms with E-state index in [-0.39, 0.29) is 6.10 Å². The first-order valence-electron chi connectivity index (χ1n) is 6.65. The minimum absolute atomic E-state index is 0.0336. The van der Waals surface area contributed by atoms with E-state index in [0.29, 0.717) is 19.3 Å². The van der Waals surface area contributed by atoms with Gasteiger partial charge in [-0.2, -0.15) is 0 Å². The van der Waals surface area contributed by atoms with Crippen LogP contribution in [0, 0.1) is 0 Å². The number of benzene rings is 1. The third-order valence-corrected chi connectivity index (χ3v) is 2.80. The summed E-state index contributed by atoms with van der Waals surface area (Å²) in [6.45, 7) is 6.15. The van der Waals surface area contributed by atoms with E-state index in [1.165, 1.54) is 0 Å². The average molecular weight is 267 g/mol. The largest absolute Gasteiger partial charge is 0.496 e. The van der Waals surface area contributed by atoms with Crippen LogP contribution in [0.1, 0.15) is 25.5 Å². The zero-order valence-corrected chi connectivity index (χ0v) is 12.3. The molecule has 19 heavy (non-hydrogen) atoms. The lowest BCUT2D eigenvalue weighted by Crippen LogP contribution is -2.29. The summed E-state index contributed by atoms with van der Waals surface area (Å²) in [5, 5.41) is 3.40. The van der Waals surface area contributed by atoms with Gasteiger partial charge in [-0.3, -0.25) is 0 Å². The number of nitrogens with one attached hydrogen (secondary N) is 1. The summed E-state index contributed by atoms with van der Waals surface area (Å²) in [6, 6.07) is 8.38. The van der Waals surface area contributed by atoms with Gasteiger partial charge in [0.05, 0.1) is 26.4 Å². The molecule has 0 aliphatic rings. The first-order chi connectivity index (χ1) is 9.19. The first kappa shape index (κ1) is 16.0. The fraction of sp³-hybridized carbons (Fsp3) is 0.600. The molecule has 0 aromatic heterocycles. The van der Waals surface area contributed by atoms with Gasteiger partial charge in [-0.05, 0) is 6.07 Å². The maximum absolute atomic E-state index is 5.89. The van der Waals surface area contributed by atoms with E-state index in [0.717, 1.165) is 17.9 Å². The van der Waals surface area contributed by atoms with E-state index >= 15 is 0 Å². The Morgan fingerprint density at radius 2 is 1.84 bits per heavy atom. The molecule has 0 radical (unpaired) electrons. The molecule has 0 saturated carbocycles. The molecule has 0 aliphatic heterocycles. The number of hydrogen-bond donors (Lipinski definition) is 1. The summed E-state index contributed by atoms with van der Waals surface area (Å²) < 4.78 is 16.3. The van der Waals surface area contributed by atoms with Gasteiger partial charge in [-0.15, -0.1) is 0 Å². The molecule has 0 aliphatic carbocycles. The topological polar surface area (TPSA) is 39.7 Å². The quantitative estimate of drug-likeness (QED) is 0.697. The van der Waals surface area contributed by atoms with Crippen molar-refractivity contribution in [3.63, 3.8) is 0 Å². The van der Waals surface area contributed by atoms with Gasteiger partial charge in [0.15, 0.2) is 0 Å². The van der Waals surface area contributed by atoms with Crippen LogP contribution in [0.15, 0.2) is 24.3 Å². The lowest BCUT2D eigenvalue weighted by Gasteiger charge is -2.22. The maximum Gasteiger partial charge on any atom is 0.124 e. The molecule has 0 fully saturated rings. The van der Waals surface area contributed by atoms with Crippen LogP contribution in [0.5, 0.6) is 5.75 Å². The highest BCUT2D eigenvalue weighted by molar-refractivity contribution is 5.35. The maximum atomic E-state index is 5.89. The van der Waals surface area contributed by atoms with Gasteiger partial charge < -0.3 is 19.5 Å². The molecule has 1 aromatic carbocycles. The molecule has 0 amide bonds. The van der Waals surface area contributed by atoms with E-state index < -0.39 is 0 Å². The van der Waals surface area contributed by atoms with Crippen molar-refractivity contribution in [1.82, 2.24) is 5.32 Å². The van der Waals surface area contributed by atoms with Crippen LogP contribution in [-0.2, 0) is 9.47 Å². The van der Waals surface area contributed by atoms with Gasteiger partial charge in [0.25, 0.3) is 0 Å². The second-order valence-corrected chi connectivity index (χ2v) is 4.66. The fourth-order valence-electron chi connectivity index (χ4n) is 1.81. The molecule has 1 aromatic rings. The highest BCUT2D eigenvalue weighted by atomic mass is 16.5. The standard InChI is InChI=1S/C15H25NO3/c1-12(2)16-11-15(19-10-9-17-3)13-7-5-6-8-14(13)18-4/h5-8,12,15-16H,9-11H2,1-4H3. The molecule has 108 valence electrons. The van der Waals surface area contributed by atoms with Gasteiger partial charge in [0.1, 0.15) is 5.75 Å². The molecule has 0 spiro atoms. The van der Waals surface area contributed by atoms with Crippen LogP contribution in [0.3, 0.4) is 0 Å². The fourth-order valence-corrected chi connectivity index (χ4v) is 1.81. The number of hydrogen-bond acceptors (Lipinski definition) is 4. The Bertz CT molecular complexity index is 355. The predicted molar refractivity (Wildman–Crippen MR) is 76.7 cm³/mol. The monoisotopic (exact) mass is 267 g/mol. The van der Waals surface area contributed by atoms with Crippen molar-refractivity contribution in [3.05, 3.63) is 29.8 Å². The van der Waals surface area contributed by atoms with Gasteiger partial charge in [0.2, 0.25) is 0 Å². The van der Waals surface area contributed by atoms with E-state index in [1.807, 2.05) is 24.3 Å². The van der Waals surface area contributed by atoms with E-state index in [4.69, 9.17) is 14.2 Å². The lowest BCUT2D eigenvalue weighted by atomic mass is 10.1. The Labute approximate surface area is 116 Å². The Hall–Kier alpha value is -1.10. The number of rotatable bonds is 9. The molecule has 1 rings (SSSR count). The number of methoxy groups -OCH3 is 2. The third-order valence-electron chi connectivity index (χ3n) is 2.80. The Kier molecular flexibility index (Phi) is 7.48. The second kappa shape index (κ2) is 8.91. The van der Waals surface area contributed by atoms with Crippen LogP contribution in [0.25, 0.3) is 0 Å². The predicted octanol–water partition coefficient (Wildman–Crippen LogP) is 2.40. The lowest BCUT2D eigenvalue weighted by molar-refractivity contribution is 0.0148. The molecular weight excluding hydrogens is 242 g/mol. The van der Waals surface area contributed by atoms with Crippen molar-refractivity contribution in [3.8, 4) is 5.75 Å². The zero-order chi connectivity index (χ0) is 14.1.